The van der Waals surface area contributed by atoms with E-state index >= 15 is 0 Å². The summed E-state index contributed by atoms with van der Waals surface area (Å²) in [7, 11) is 0. The van der Waals surface area contributed by atoms with Gasteiger partial charge in [-0.1, -0.05) is 0 Å². The highest BCUT2D eigenvalue weighted by atomic mass is 16.7. The number of nitrogens with one attached hydrogen (secondary N) is 1. The molecule has 2 heterocycles. The van der Waals surface area contributed by atoms with Crippen LogP contribution in [0.4, 0.5) is 0 Å². The molecular formula is C10H18N2O2. The summed E-state index contributed by atoms with van der Waals surface area (Å²) in [6, 6.07) is 0. The number of rotatable bonds is 1. The van der Waals surface area contributed by atoms with Gasteiger partial charge in [0.15, 0.2) is 0 Å². The number of hydroxylamine groups is 2. The van der Waals surface area contributed by atoms with Crippen molar-refractivity contribution >= 4 is 5.91 Å². The monoisotopic (exact) mass is 198 g/mol. The fraction of sp³-hybridized carbons (Fsp3) is 0.900. The minimum atomic E-state index is -0.247. The Kier molecular flexibility index (Phi) is 2.74. The Bertz CT molecular complexity index is 218. The Morgan fingerprint density at radius 2 is 2.36 bits per heavy atom. The first-order chi connectivity index (χ1) is 6.72. The van der Waals surface area contributed by atoms with Crippen molar-refractivity contribution < 1.29 is 9.63 Å². The lowest BCUT2D eigenvalue weighted by Gasteiger charge is -2.34. The second-order valence-corrected chi connectivity index (χ2v) is 4.44. The lowest BCUT2D eigenvalue weighted by molar-refractivity contribution is -0.180. The number of hydrogen-bond donors (Lipinski definition) is 1. The van der Waals surface area contributed by atoms with Crippen molar-refractivity contribution in [3.63, 3.8) is 0 Å². The van der Waals surface area contributed by atoms with Crippen molar-refractivity contribution in [2.24, 2.45) is 5.41 Å². The molecule has 14 heavy (non-hydrogen) atoms. The molecule has 0 aliphatic carbocycles. The first kappa shape index (κ1) is 9.93. The molecule has 2 saturated heterocycles. The fourth-order valence-electron chi connectivity index (χ4n) is 2.15. The van der Waals surface area contributed by atoms with E-state index in [9.17, 15) is 4.79 Å². The van der Waals surface area contributed by atoms with Gasteiger partial charge in [0.1, 0.15) is 0 Å². The number of carbonyl (C=O) groups excluding carboxylic acids is 1. The minimum Gasteiger partial charge on any atom is -0.316 e. The first-order valence-corrected chi connectivity index (χ1v) is 5.38. The zero-order chi connectivity index (χ0) is 10.0. The number of piperidine rings is 1. The molecule has 2 aliphatic rings. The molecular weight excluding hydrogens is 180 g/mol. The maximum absolute atomic E-state index is 12.1. The van der Waals surface area contributed by atoms with Crippen molar-refractivity contribution in [2.45, 2.75) is 26.2 Å². The van der Waals surface area contributed by atoms with Crippen LogP contribution in [0.5, 0.6) is 0 Å². The van der Waals surface area contributed by atoms with E-state index in [4.69, 9.17) is 4.84 Å². The Balaban J connectivity index is 2.00. The third kappa shape index (κ3) is 1.77. The van der Waals surface area contributed by atoms with Gasteiger partial charge in [0, 0.05) is 6.54 Å². The molecule has 0 aromatic rings. The van der Waals surface area contributed by atoms with Crippen molar-refractivity contribution in [2.75, 3.05) is 26.2 Å². The molecule has 2 fully saturated rings. The maximum Gasteiger partial charge on any atom is 0.253 e. The number of amides is 1. The standard InChI is InChI=1S/C10H18N2O2/c1-10(4-2-5-11-8-10)9(13)12-6-3-7-14-12/h11H,2-8H2,1H3. The predicted molar refractivity (Wildman–Crippen MR) is 52.5 cm³/mol. The van der Waals surface area contributed by atoms with E-state index in [1.54, 1.807) is 5.06 Å². The van der Waals surface area contributed by atoms with Crippen LogP contribution >= 0.6 is 0 Å². The van der Waals surface area contributed by atoms with Gasteiger partial charge in [-0.05, 0) is 32.7 Å². The number of hydrogen-bond acceptors (Lipinski definition) is 3. The van der Waals surface area contributed by atoms with E-state index in [2.05, 4.69) is 5.32 Å². The van der Waals surface area contributed by atoms with Gasteiger partial charge >= 0.3 is 0 Å². The Hall–Kier alpha value is -0.610. The average Bonchev–Trinajstić information content (AvgIpc) is 2.70. The van der Waals surface area contributed by atoms with Crippen molar-refractivity contribution in [1.82, 2.24) is 10.4 Å². The lowest BCUT2D eigenvalue weighted by Crippen LogP contribution is -2.49. The van der Waals surface area contributed by atoms with E-state index in [0.29, 0.717) is 6.61 Å². The SMILES string of the molecule is CC1(C(=O)N2CCCO2)CCCNC1. The van der Waals surface area contributed by atoms with Gasteiger partial charge in [0.25, 0.3) is 5.91 Å². The summed E-state index contributed by atoms with van der Waals surface area (Å²) in [5.41, 5.74) is -0.247. The largest absolute Gasteiger partial charge is 0.316 e. The van der Waals surface area contributed by atoms with E-state index < -0.39 is 0 Å². The van der Waals surface area contributed by atoms with Crippen LogP contribution in [0.15, 0.2) is 0 Å². The van der Waals surface area contributed by atoms with Crippen LogP contribution in [0.25, 0.3) is 0 Å². The zero-order valence-corrected chi connectivity index (χ0v) is 8.71. The summed E-state index contributed by atoms with van der Waals surface area (Å²) in [5, 5.41) is 4.83. The third-order valence-corrected chi connectivity index (χ3v) is 3.09. The third-order valence-electron chi connectivity index (χ3n) is 3.09. The van der Waals surface area contributed by atoms with Crippen LogP contribution in [0.3, 0.4) is 0 Å². The highest BCUT2D eigenvalue weighted by Crippen LogP contribution is 2.29. The number of carbonyl (C=O) groups is 1. The molecule has 80 valence electrons. The van der Waals surface area contributed by atoms with Gasteiger partial charge in [-0.2, -0.15) is 0 Å². The molecule has 0 spiro atoms. The Labute approximate surface area is 84.6 Å². The summed E-state index contributed by atoms with van der Waals surface area (Å²) >= 11 is 0. The molecule has 2 rings (SSSR count). The van der Waals surface area contributed by atoms with Gasteiger partial charge in [-0.3, -0.25) is 9.63 Å². The van der Waals surface area contributed by atoms with E-state index in [1.165, 1.54) is 0 Å². The van der Waals surface area contributed by atoms with Gasteiger partial charge in [0.05, 0.1) is 18.6 Å². The first-order valence-electron chi connectivity index (χ1n) is 5.38. The average molecular weight is 198 g/mol. The highest BCUT2D eigenvalue weighted by molar-refractivity contribution is 5.82. The van der Waals surface area contributed by atoms with Crippen molar-refractivity contribution in [3.8, 4) is 0 Å². The van der Waals surface area contributed by atoms with Gasteiger partial charge in [-0.15, -0.1) is 0 Å². The second kappa shape index (κ2) is 3.87. The highest BCUT2D eigenvalue weighted by Gasteiger charge is 2.39. The minimum absolute atomic E-state index is 0.155. The molecule has 1 atom stereocenters. The molecule has 0 aromatic carbocycles. The molecule has 1 amide bonds. The van der Waals surface area contributed by atoms with Gasteiger partial charge in [-0.25, -0.2) is 5.06 Å². The molecule has 0 saturated carbocycles. The number of nitrogens with zero attached hydrogens (tertiary/aromatic N) is 1. The Morgan fingerprint density at radius 1 is 1.50 bits per heavy atom. The molecule has 4 nitrogen and oxygen atoms in total. The van der Waals surface area contributed by atoms with Gasteiger partial charge in [0.2, 0.25) is 0 Å². The molecule has 1 N–H and O–H groups in total. The molecule has 1 unspecified atom stereocenters. The quantitative estimate of drug-likeness (QED) is 0.668. The van der Waals surface area contributed by atoms with Crippen LogP contribution in [0.1, 0.15) is 26.2 Å². The molecule has 0 aromatic heterocycles. The van der Waals surface area contributed by atoms with E-state index in [1.807, 2.05) is 6.92 Å². The van der Waals surface area contributed by atoms with Crippen LogP contribution in [-0.4, -0.2) is 37.2 Å². The molecule has 4 heteroatoms. The van der Waals surface area contributed by atoms with Crippen molar-refractivity contribution in [1.29, 1.82) is 0 Å². The normalized spacial score (nSPS) is 33.4. The van der Waals surface area contributed by atoms with Crippen LogP contribution < -0.4 is 5.32 Å². The predicted octanol–water partition coefficient (Wildman–Crippen LogP) is 0.540. The summed E-state index contributed by atoms with van der Waals surface area (Å²) in [4.78, 5) is 17.4. The van der Waals surface area contributed by atoms with Crippen LogP contribution in [0.2, 0.25) is 0 Å². The van der Waals surface area contributed by atoms with Crippen LogP contribution in [-0.2, 0) is 9.63 Å². The molecule has 0 radical (unpaired) electrons. The smallest absolute Gasteiger partial charge is 0.253 e. The topological polar surface area (TPSA) is 41.6 Å². The summed E-state index contributed by atoms with van der Waals surface area (Å²) < 4.78 is 0. The zero-order valence-electron chi connectivity index (χ0n) is 8.71. The van der Waals surface area contributed by atoms with E-state index in [-0.39, 0.29) is 11.3 Å². The van der Waals surface area contributed by atoms with E-state index in [0.717, 1.165) is 38.9 Å². The fourth-order valence-corrected chi connectivity index (χ4v) is 2.15. The van der Waals surface area contributed by atoms with Crippen molar-refractivity contribution in [3.05, 3.63) is 0 Å². The lowest BCUT2D eigenvalue weighted by atomic mass is 9.82. The summed E-state index contributed by atoms with van der Waals surface area (Å²) in [6.07, 6.45) is 3.02. The second-order valence-electron chi connectivity index (χ2n) is 4.44. The maximum atomic E-state index is 12.1. The molecule has 2 aliphatic heterocycles. The Morgan fingerprint density at radius 3 is 2.93 bits per heavy atom. The molecule has 0 bridgehead atoms. The summed E-state index contributed by atoms with van der Waals surface area (Å²) in [6.45, 7) is 5.29. The van der Waals surface area contributed by atoms with Crippen LogP contribution in [0, 0.1) is 5.41 Å². The summed E-state index contributed by atoms with van der Waals surface area (Å²) in [5.74, 6) is 0.155. The van der Waals surface area contributed by atoms with Gasteiger partial charge < -0.3 is 5.32 Å².